The van der Waals surface area contributed by atoms with Crippen molar-refractivity contribution in [2.45, 2.75) is 36.8 Å². The summed E-state index contributed by atoms with van der Waals surface area (Å²) in [5.74, 6) is 0.804. The molecule has 1 saturated heterocycles. The lowest BCUT2D eigenvalue weighted by Gasteiger charge is -2.28. The first-order chi connectivity index (χ1) is 15.6. The first kappa shape index (κ1) is 22.4. The Kier molecular flexibility index (Phi) is 7.44. The fourth-order valence-corrected chi connectivity index (χ4v) is 4.49. The summed E-state index contributed by atoms with van der Waals surface area (Å²) in [6, 6.07) is 20.2. The second-order valence-corrected chi connectivity index (χ2v) is 9.16. The molecule has 1 aliphatic rings. The van der Waals surface area contributed by atoms with E-state index in [1.54, 1.807) is 0 Å². The molecule has 3 aromatic rings. The number of aromatic nitrogens is 3. The Hall–Kier alpha value is -2.84. The van der Waals surface area contributed by atoms with Crippen molar-refractivity contribution < 1.29 is 9.53 Å². The molecule has 8 heteroatoms. The van der Waals surface area contributed by atoms with Crippen molar-refractivity contribution >= 4 is 23.6 Å². The average Bonchev–Trinajstić information content (AvgIpc) is 3.22. The molecule has 2 atom stereocenters. The van der Waals surface area contributed by atoms with E-state index in [-0.39, 0.29) is 17.2 Å². The van der Waals surface area contributed by atoms with Crippen molar-refractivity contribution in [2.75, 3.05) is 31.2 Å². The van der Waals surface area contributed by atoms with Crippen LogP contribution < -0.4 is 10.2 Å². The second kappa shape index (κ2) is 10.7. The number of carbonyl (C=O) groups is 1. The lowest BCUT2D eigenvalue weighted by Crippen LogP contribution is -2.38. The maximum atomic E-state index is 12.9. The van der Waals surface area contributed by atoms with E-state index in [1.165, 1.54) is 17.3 Å². The molecule has 32 heavy (non-hydrogen) atoms. The van der Waals surface area contributed by atoms with Gasteiger partial charge in [-0.15, -0.1) is 10.2 Å². The predicted molar refractivity (Wildman–Crippen MR) is 127 cm³/mol. The van der Waals surface area contributed by atoms with Gasteiger partial charge >= 0.3 is 0 Å². The van der Waals surface area contributed by atoms with Crippen LogP contribution in [0.1, 0.15) is 31.0 Å². The predicted octanol–water partition coefficient (Wildman–Crippen LogP) is 3.52. The van der Waals surface area contributed by atoms with Crippen molar-refractivity contribution in [3.8, 4) is 0 Å². The quantitative estimate of drug-likeness (QED) is 0.529. The molecule has 0 spiro atoms. The zero-order valence-corrected chi connectivity index (χ0v) is 19.3. The average molecular weight is 452 g/mol. The van der Waals surface area contributed by atoms with Gasteiger partial charge in [-0.25, -0.2) is 0 Å². The van der Waals surface area contributed by atoms with Crippen molar-refractivity contribution in [3.63, 3.8) is 0 Å². The lowest BCUT2D eigenvalue weighted by molar-refractivity contribution is -0.120. The van der Waals surface area contributed by atoms with Gasteiger partial charge in [-0.05, 0) is 25.0 Å². The van der Waals surface area contributed by atoms with Gasteiger partial charge in [-0.1, -0.05) is 72.4 Å². The molecule has 2 unspecified atom stereocenters. The van der Waals surface area contributed by atoms with E-state index in [0.29, 0.717) is 19.8 Å². The number of carbonyl (C=O) groups excluding carboxylic acids is 1. The number of hydrogen-bond donors (Lipinski definition) is 1. The molecular weight excluding hydrogens is 422 g/mol. The molecular formula is C24H29N5O2S. The third-order valence-corrected chi connectivity index (χ3v) is 6.56. The number of thioether (sulfide) groups is 1. The highest BCUT2D eigenvalue weighted by Crippen LogP contribution is 2.27. The van der Waals surface area contributed by atoms with Crippen LogP contribution in [0.4, 0.5) is 5.95 Å². The first-order valence-electron chi connectivity index (χ1n) is 10.9. The van der Waals surface area contributed by atoms with Gasteiger partial charge < -0.3 is 15.0 Å². The minimum Gasteiger partial charge on any atom is -0.378 e. The summed E-state index contributed by atoms with van der Waals surface area (Å²) >= 11 is 1.44. The number of amides is 1. The SMILES string of the molecule is CC(Sc1nnc(N2CCOCC2)n1Cc1ccccc1)C(=O)NC(C)c1ccccc1. The van der Waals surface area contributed by atoms with Gasteiger partial charge in [-0.2, -0.15) is 0 Å². The van der Waals surface area contributed by atoms with Crippen LogP contribution in [0, 0.1) is 0 Å². The summed E-state index contributed by atoms with van der Waals surface area (Å²) in [5.41, 5.74) is 2.25. The van der Waals surface area contributed by atoms with Gasteiger partial charge in [0, 0.05) is 13.1 Å². The number of hydrogen-bond acceptors (Lipinski definition) is 6. The standard InChI is InChI=1S/C24H29N5O2S/c1-18(21-11-7-4-8-12-21)25-22(30)19(2)32-24-27-26-23(28-13-15-31-16-14-28)29(24)17-20-9-5-3-6-10-20/h3-12,18-19H,13-17H2,1-2H3,(H,25,30). The number of benzene rings is 2. The highest BCUT2D eigenvalue weighted by Gasteiger charge is 2.24. The van der Waals surface area contributed by atoms with Crippen LogP contribution >= 0.6 is 11.8 Å². The van der Waals surface area contributed by atoms with Crippen LogP contribution in [-0.2, 0) is 16.1 Å². The molecule has 168 valence electrons. The third-order valence-electron chi connectivity index (χ3n) is 5.48. The van der Waals surface area contributed by atoms with E-state index in [4.69, 9.17) is 4.74 Å². The Balaban J connectivity index is 1.50. The Morgan fingerprint density at radius 1 is 1.03 bits per heavy atom. The normalized spacial score (nSPS) is 15.9. The second-order valence-electron chi connectivity index (χ2n) is 7.85. The van der Waals surface area contributed by atoms with Gasteiger partial charge in [0.2, 0.25) is 11.9 Å². The van der Waals surface area contributed by atoms with E-state index < -0.39 is 0 Å². The fraction of sp³-hybridized carbons (Fsp3) is 0.375. The molecule has 1 aliphatic heterocycles. The van der Waals surface area contributed by atoms with Crippen molar-refractivity contribution in [2.24, 2.45) is 0 Å². The summed E-state index contributed by atoms with van der Waals surface area (Å²) in [5, 5.41) is 12.5. The summed E-state index contributed by atoms with van der Waals surface area (Å²) in [6.07, 6.45) is 0. The van der Waals surface area contributed by atoms with Gasteiger partial charge in [0.15, 0.2) is 5.16 Å². The lowest BCUT2D eigenvalue weighted by atomic mass is 10.1. The van der Waals surface area contributed by atoms with E-state index >= 15 is 0 Å². The topological polar surface area (TPSA) is 72.3 Å². The molecule has 0 bridgehead atoms. The van der Waals surface area contributed by atoms with Crippen LogP contribution in [0.25, 0.3) is 0 Å². The van der Waals surface area contributed by atoms with Crippen molar-refractivity contribution in [3.05, 3.63) is 71.8 Å². The zero-order valence-electron chi connectivity index (χ0n) is 18.5. The fourth-order valence-electron chi connectivity index (χ4n) is 3.64. The van der Waals surface area contributed by atoms with Crippen molar-refractivity contribution in [1.82, 2.24) is 20.1 Å². The number of anilines is 1. The molecule has 0 radical (unpaired) electrons. The molecule has 7 nitrogen and oxygen atoms in total. The summed E-state index contributed by atoms with van der Waals surface area (Å²) in [6.45, 7) is 7.47. The molecule has 1 N–H and O–H groups in total. The van der Waals surface area contributed by atoms with Crippen LogP contribution in [0.2, 0.25) is 0 Å². The van der Waals surface area contributed by atoms with E-state index in [1.807, 2.05) is 62.4 Å². The maximum Gasteiger partial charge on any atom is 0.233 e. The molecule has 4 rings (SSSR count). The Labute approximate surface area is 193 Å². The van der Waals surface area contributed by atoms with Gasteiger partial charge in [0.1, 0.15) is 0 Å². The number of ether oxygens (including phenoxy) is 1. The van der Waals surface area contributed by atoms with Gasteiger partial charge in [0.05, 0.1) is 31.1 Å². The van der Waals surface area contributed by atoms with E-state index in [9.17, 15) is 4.79 Å². The highest BCUT2D eigenvalue weighted by molar-refractivity contribution is 8.00. The van der Waals surface area contributed by atoms with Crippen molar-refractivity contribution in [1.29, 1.82) is 0 Å². The largest absolute Gasteiger partial charge is 0.378 e. The Morgan fingerprint density at radius 2 is 1.69 bits per heavy atom. The monoisotopic (exact) mass is 451 g/mol. The van der Waals surface area contributed by atoms with Crippen LogP contribution in [0.5, 0.6) is 0 Å². The molecule has 1 fully saturated rings. The summed E-state index contributed by atoms with van der Waals surface area (Å²) in [4.78, 5) is 15.1. The van der Waals surface area contributed by atoms with Crippen LogP contribution in [0.15, 0.2) is 65.8 Å². The molecule has 2 aromatic carbocycles. The van der Waals surface area contributed by atoms with E-state index in [2.05, 4.69) is 37.1 Å². The molecule has 1 amide bonds. The zero-order chi connectivity index (χ0) is 22.3. The van der Waals surface area contributed by atoms with Crippen LogP contribution in [0.3, 0.4) is 0 Å². The molecule has 2 heterocycles. The van der Waals surface area contributed by atoms with E-state index in [0.717, 1.165) is 29.8 Å². The minimum atomic E-state index is -0.308. The summed E-state index contributed by atoms with van der Waals surface area (Å²) < 4.78 is 7.61. The number of rotatable bonds is 8. The van der Waals surface area contributed by atoms with Gasteiger partial charge in [-0.3, -0.25) is 9.36 Å². The highest BCUT2D eigenvalue weighted by atomic mass is 32.2. The molecule has 0 saturated carbocycles. The summed E-state index contributed by atoms with van der Waals surface area (Å²) in [7, 11) is 0. The smallest absolute Gasteiger partial charge is 0.233 e. The van der Waals surface area contributed by atoms with Gasteiger partial charge in [0.25, 0.3) is 0 Å². The Morgan fingerprint density at radius 3 is 2.38 bits per heavy atom. The van der Waals surface area contributed by atoms with Crippen LogP contribution in [-0.4, -0.2) is 52.2 Å². The number of nitrogens with zero attached hydrogens (tertiary/aromatic N) is 4. The minimum absolute atomic E-state index is 0.0199. The maximum absolute atomic E-state index is 12.9. The Bertz CT molecular complexity index is 1010. The molecule has 0 aliphatic carbocycles. The number of nitrogens with one attached hydrogen (secondary N) is 1. The first-order valence-corrected chi connectivity index (χ1v) is 11.8. The molecule has 1 aromatic heterocycles. The number of morpholine rings is 1. The third kappa shape index (κ3) is 5.49.